The third-order valence-electron chi connectivity index (χ3n) is 4.04. The van der Waals surface area contributed by atoms with E-state index in [9.17, 15) is 0 Å². The van der Waals surface area contributed by atoms with Gasteiger partial charge in [-0.15, -0.1) is 0 Å². The SMILES string of the molecule is [CH2]c1cn(Cc2ccc3ccccc3c2)c2ccccc12. The fourth-order valence-corrected chi connectivity index (χ4v) is 2.99. The first kappa shape index (κ1) is 12.2. The number of rotatable bonds is 2. The molecule has 1 aromatic heterocycles. The van der Waals surface area contributed by atoms with Crippen LogP contribution in [0.1, 0.15) is 11.1 Å². The molecule has 4 rings (SSSR count). The number of hydrogen-bond donors (Lipinski definition) is 0. The van der Waals surface area contributed by atoms with Crippen molar-refractivity contribution in [3.63, 3.8) is 0 Å². The van der Waals surface area contributed by atoms with Crippen molar-refractivity contribution < 1.29 is 0 Å². The molecule has 1 radical (unpaired) electrons. The zero-order valence-electron chi connectivity index (χ0n) is 11.8. The van der Waals surface area contributed by atoms with Crippen LogP contribution in [0.3, 0.4) is 0 Å². The molecule has 0 amide bonds. The number of benzene rings is 3. The van der Waals surface area contributed by atoms with Gasteiger partial charge in [0.15, 0.2) is 0 Å². The van der Waals surface area contributed by atoms with E-state index in [0.29, 0.717) is 0 Å². The number of aromatic nitrogens is 1. The van der Waals surface area contributed by atoms with E-state index in [1.807, 2.05) is 0 Å². The molecule has 21 heavy (non-hydrogen) atoms. The van der Waals surface area contributed by atoms with E-state index in [0.717, 1.165) is 12.1 Å². The largest absolute Gasteiger partial charge is 0.343 e. The van der Waals surface area contributed by atoms with E-state index in [-0.39, 0.29) is 0 Å². The second-order valence-electron chi connectivity index (χ2n) is 5.48. The van der Waals surface area contributed by atoms with Crippen LogP contribution in [-0.4, -0.2) is 4.57 Å². The van der Waals surface area contributed by atoms with E-state index in [4.69, 9.17) is 0 Å². The van der Waals surface area contributed by atoms with Gasteiger partial charge in [0, 0.05) is 23.6 Å². The fourth-order valence-electron chi connectivity index (χ4n) is 2.99. The van der Waals surface area contributed by atoms with Gasteiger partial charge in [0.25, 0.3) is 0 Å². The topological polar surface area (TPSA) is 4.93 Å². The predicted octanol–water partition coefficient (Wildman–Crippen LogP) is 5.02. The first-order valence-corrected chi connectivity index (χ1v) is 7.19. The van der Waals surface area contributed by atoms with Crippen LogP contribution < -0.4 is 0 Å². The maximum Gasteiger partial charge on any atom is 0.0486 e. The zero-order valence-corrected chi connectivity index (χ0v) is 11.8. The molecular formula is C20H16N. The normalized spacial score (nSPS) is 11.3. The second-order valence-corrected chi connectivity index (χ2v) is 5.48. The van der Waals surface area contributed by atoms with Gasteiger partial charge in [-0.05, 0) is 41.0 Å². The Kier molecular flexibility index (Phi) is 2.78. The number of hydrogen-bond acceptors (Lipinski definition) is 0. The lowest BCUT2D eigenvalue weighted by Crippen LogP contribution is -1.97. The van der Waals surface area contributed by atoms with Crippen LogP contribution in [-0.2, 0) is 6.54 Å². The Bertz CT molecular complexity index is 931. The Balaban J connectivity index is 1.79. The molecule has 3 aromatic carbocycles. The van der Waals surface area contributed by atoms with Gasteiger partial charge in [0.05, 0.1) is 0 Å². The van der Waals surface area contributed by atoms with Gasteiger partial charge < -0.3 is 4.57 Å². The molecule has 0 aliphatic carbocycles. The summed E-state index contributed by atoms with van der Waals surface area (Å²) < 4.78 is 2.28. The summed E-state index contributed by atoms with van der Waals surface area (Å²) in [6, 6.07) is 23.6. The van der Waals surface area contributed by atoms with E-state index in [1.54, 1.807) is 0 Å². The Hall–Kier alpha value is -2.54. The maximum absolute atomic E-state index is 4.14. The summed E-state index contributed by atoms with van der Waals surface area (Å²) in [6.45, 7) is 5.02. The van der Waals surface area contributed by atoms with Crippen molar-refractivity contribution in [3.8, 4) is 0 Å². The summed E-state index contributed by atoms with van der Waals surface area (Å²) in [5.41, 5.74) is 3.65. The molecule has 0 fully saturated rings. The molecule has 1 nitrogen and oxygen atoms in total. The standard InChI is InChI=1S/C20H16N/c1-15-13-21(20-9-5-4-8-19(15)20)14-16-10-11-17-6-2-3-7-18(17)12-16/h2-13H,1,14H2. The zero-order chi connectivity index (χ0) is 14.2. The average Bonchev–Trinajstić information content (AvgIpc) is 2.84. The van der Waals surface area contributed by atoms with E-state index in [2.05, 4.69) is 84.4 Å². The van der Waals surface area contributed by atoms with Crippen molar-refractivity contribution in [1.82, 2.24) is 4.57 Å². The summed E-state index contributed by atoms with van der Waals surface area (Å²) in [5, 5.41) is 3.82. The van der Waals surface area contributed by atoms with Crippen molar-refractivity contribution in [2.45, 2.75) is 6.54 Å². The molecule has 0 unspecified atom stereocenters. The van der Waals surface area contributed by atoms with Gasteiger partial charge in [0.2, 0.25) is 0 Å². The van der Waals surface area contributed by atoms with Crippen molar-refractivity contribution in [2.24, 2.45) is 0 Å². The lowest BCUT2D eigenvalue weighted by Gasteiger charge is -2.07. The van der Waals surface area contributed by atoms with Crippen LogP contribution in [0.15, 0.2) is 72.9 Å². The number of nitrogens with zero attached hydrogens (tertiary/aromatic N) is 1. The van der Waals surface area contributed by atoms with Gasteiger partial charge >= 0.3 is 0 Å². The van der Waals surface area contributed by atoms with Gasteiger partial charge in [-0.1, -0.05) is 54.6 Å². The van der Waals surface area contributed by atoms with Crippen molar-refractivity contribution >= 4 is 21.7 Å². The summed E-state index contributed by atoms with van der Waals surface area (Å²) in [7, 11) is 0. The molecule has 0 saturated carbocycles. The van der Waals surface area contributed by atoms with Crippen LogP contribution in [0.2, 0.25) is 0 Å². The van der Waals surface area contributed by atoms with Crippen molar-refractivity contribution in [3.05, 3.63) is 91.0 Å². The van der Waals surface area contributed by atoms with E-state index >= 15 is 0 Å². The van der Waals surface area contributed by atoms with Crippen LogP contribution in [0.5, 0.6) is 0 Å². The van der Waals surface area contributed by atoms with Gasteiger partial charge in [-0.25, -0.2) is 0 Å². The number of fused-ring (bicyclic) bond motifs is 2. The van der Waals surface area contributed by atoms with E-state index in [1.165, 1.54) is 27.2 Å². The van der Waals surface area contributed by atoms with Crippen molar-refractivity contribution in [2.75, 3.05) is 0 Å². The summed E-state index contributed by atoms with van der Waals surface area (Å²) >= 11 is 0. The Morgan fingerprint density at radius 2 is 1.57 bits per heavy atom. The molecule has 0 N–H and O–H groups in total. The molecule has 4 aromatic rings. The van der Waals surface area contributed by atoms with Crippen LogP contribution in [0.4, 0.5) is 0 Å². The average molecular weight is 270 g/mol. The minimum atomic E-state index is 0.876. The molecular weight excluding hydrogens is 254 g/mol. The third-order valence-corrected chi connectivity index (χ3v) is 4.04. The Morgan fingerprint density at radius 1 is 0.810 bits per heavy atom. The van der Waals surface area contributed by atoms with Gasteiger partial charge in [-0.3, -0.25) is 0 Å². The summed E-state index contributed by atoms with van der Waals surface area (Å²) in [4.78, 5) is 0. The summed E-state index contributed by atoms with van der Waals surface area (Å²) in [6.07, 6.45) is 2.14. The quantitative estimate of drug-likeness (QED) is 0.481. The molecule has 1 heteroatoms. The molecule has 0 aliphatic heterocycles. The predicted molar refractivity (Wildman–Crippen MR) is 89.4 cm³/mol. The molecule has 101 valence electrons. The van der Waals surface area contributed by atoms with Crippen LogP contribution >= 0.6 is 0 Å². The molecule has 0 saturated heterocycles. The molecule has 0 aliphatic rings. The van der Waals surface area contributed by atoms with E-state index < -0.39 is 0 Å². The highest BCUT2D eigenvalue weighted by Gasteiger charge is 2.05. The first-order chi connectivity index (χ1) is 10.3. The lowest BCUT2D eigenvalue weighted by atomic mass is 10.1. The lowest BCUT2D eigenvalue weighted by molar-refractivity contribution is 0.837. The van der Waals surface area contributed by atoms with Crippen LogP contribution in [0, 0.1) is 6.92 Å². The first-order valence-electron chi connectivity index (χ1n) is 7.19. The van der Waals surface area contributed by atoms with Gasteiger partial charge in [-0.2, -0.15) is 0 Å². The smallest absolute Gasteiger partial charge is 0.0486 e. The van der Waals surface area contributed by atoms with Gasteiger partial charge in [0.1, 0.15) is 0 Å². The minimum absolute atomic E-state index is 0.876. The highest BCUT2D eigenvalue weighted by Crippen LogP contribution is 2.22. The fraction of sp³-hybridized carbons (Fsp3) is 0.0500. The van der Waals surface area contributed by atoms with Crippen LogP contribution in [0.25, 0.3) is 21.7 Å². The molecule has 0 spiro atoms. The minimum Gasteiger partial charge on any atom is -0.343 e. The molecule has 0 bridgehead atoms. The highest BCUT2D eigenvalue weighted by molar-refractivity contribution is 5.85. The third kappa shape index (κ3) is 2.11. The molecule has 0 atom stereocenters. The molecule has 1 heterocycles. The maximum atomic E-state index is 4.14. The number of para-hydroxylation sites is 1. The monoisotopic (exact) mass is 270 g/mol. The Morgan fingerprint density at radius 3 is 2.48 bits per heavy atom. The highest BCUT2D eigenvalue weighted by atomic mass is 15.0. The second kappa shape index (κ2) is 4.78. The van der Waals surface area contributed by atoms with Crippen molar-refractivity contribution in [1.29, 1.82) is 0 Å². The Labute approximate surface area is 124 Å². The summed E-state index contributed by atoms with van der Waals surface area (Å²) in [5.74, 6) is 0.